The van der Waals surface area contributed by atoms with Gasteiger partial charge in [-0.3, -0.25) is 5.32 Å². The zero-order chi connectivity index (χ0) is 12.3. The minimum Gasteiger partial charge on any atom is -0.301 e. The third kappa shape index (κ3) is 3.97. The van der Waals surface area contributed by atoms with Crippen LogP contribution in [0.15, 0.2) is 0 Å². The molecule has 2 saturated carbocycles. The van der Waals surface area contributed by atoms with Crippen molar-refractivity contribution in [2.75, 3.05) is 13.1 Å². The molecule has 0 heterocycles. The van der Waals surface area contributed by atoms with Crippen molar-refractivity contribution in [3.63, 3.8) is 0 Å². The summed E-state index contributed by atoms with van der Waals surface area (Å²) in [4.78, 5) is 2.56. The van der Waals surface area contributed by atoms with Gasteiger partial charge in [0.15, 0.2) is 0 Å². The maximum absolute atomic E-state index is 9.28. The number of nitriles is 1. The van der Waals surface area contributed by atoms with Crippen molar-refractivity contribution < 1.29 is 0 Å². The van der Waals surface area contributed by atoms with E-state index in [2.05, 4.69) is 30.1 Å². The summed E-state index contributed by atoms with van der Waals surface area (Å²) < 4.78 is 0. The van der Waals surface area contributed by atoms with Gasteiger partial charge < -0.3 is 4.90 Å². The predicted molar refractivity (Wildman–Crippen MR) is 69.7 cm³/mol. The van der Waals surface area contributed by atoms with E-state index in [1.807, 2.05) is 0 Å². The fraction of sp³-hybridized carbons (Fsp3) is 0.929. The van der Waals surface area contributed by atoms with Crippen molar-refractivity contribution in [1.82, 2.24) is 10.2 Å². The number of rotatable bonds is 8. The van der Waals surface area contributed by atoms with Crippen LogP contribution in [0.25, 0.3) is 0 Å². The molecule has 1 atom stereocenters. The molecule has 17 heavy (non-hydrogen) atoms. The van der Waals surface area contributed by atoms with Crippen molar-refractivity contribution >= 4 is 0 Å². The summed E-state index contributed by atoms with van der Waals surface area (Å²) in [5.74, 6) is 0. The van der Waals surface area contributed by atoms with E-state index in [-0.39, 0.29) is 5.54 Å². The van der Waals surface area contributed by atoms with E-state index in [9.17, 15) is 5.26 Å². The van der Waals surface area contributed by atoms with Crippen molar-refractivity contribution in [2.24, 2.45) is 0 Å². The van der Waals surface area contributed by atoms with Crippen LogP contribution in [-0.4, -0.2) is 35.6 Å². The molecular weight excluding hydrogens is 210 g/mol. The second kappa shape index (κ2) is 5.37. The molecule has 1 N–H and O–H groups in total. The zero-order valence-electron chi connectivity index (χ0n) is 11.2. The zero-order valence-corrected chi connectivity index (χ0v) is 11.2. The molecule has 0 bridgehead atoms. The molecule has 96 valence electrons. The van der Waals surface area contributed by atoms with Crippen LogP contribution in [0.4, 0.5) is 0 Å². The van der Waals surface area contributed by atoms with E-state index in [4.69, 9.17) is 0 Å². The van der Waals surface area contributed by atoms with Crippen LogP contribution >= 0.6 is 0 Å². The van der Waals surface area contributed by atoms with Crippen LogP contribution in [0.1, 0.15) is 52.4 Å². The minimum absolute atomic E-state index is 0.301. The Morgan fingerprint density at radius 2 is 2.06 bits per heavy atom. The molecule has 2 fully saturated rings. The van der Waals surface area contributed by atoms with Gasteiger partial charge in [-0.05, 0) is 58.5 Å². The standard InChI is InChI=1S/C14H25N3/c1-3-17(13-7-8-13)10-4-9-14(2,11-15)16-12-5-6-12/h12-13,16H,3-10H2,1-2H3. The lowest BCUT2D eigenvalue weighted by Crippen LogP contribution is -2.43. The average Bonchev–Trinajstić information content (AvgIpc) is 3.17. The van der Waals surface area contributed by atoms with E-state index in [0.717, 1.165) is 32.0 Å². The highest BCUT2D eigenvalue weighted by Gasteiger charge is 2.33. The summed E-state index contributed by atoms with van der Waals surface area (Å²) in [6.07, 6.45) is 7.37. The summed E-state index contributed by atoms with van der Waals surface area (Å²) in [7, 11) is 0. The quantitative estimate of drug-likeness (QED) is 0.701. The molecule has 3 heteroatoms. The van der Waals surface area contributed by atoms with Gasteiger partial charge >= 0.3 is 0 Å². The first-order valence-corrected chi connectivity index (χ1v) is 7.10. The molecule has 2 rings (SSSR count). The number of nitrogens with one attached hydrogen (secondary N) is 1. The van der Waals surface area contributed by atoms with E-state index in [0.29, 0.717) is 6.04 Å². The molecule has 0 aromatic heterocycles. The largest absolute Gasteiger partial charge is 0.301 e. The van der Waals surface area contributed by atoms with E-state index in [1.54, 1.807) is 0 Å². The average molecular weight is 235 g/mol. The van der Waals surface area contributed by atoms with Gasteiger partial charge in [-0.15, -0.1) is 0 Å². The van der Waals surface area contributed by atoms with Gasteiger partial charge in [0, 0.05) is 12.1 Å². The fourth-order valence-corrected chi connectivity index (χ4v) is 2.51. The van der Waals surface area contributed by atoms with Crippen molar-refractivity contribution in [3.8, 4) is 6.07 Å². The second-order valence-corrected chi connectivity index (χ2v) is 5.83. The van der Waals surface area contributed by atoms with Gasteiger partial charge in [0.25, 0.3) is 0 Å². The molecular formula is C14H25N3. The van der Waals surface area contributed by atoms with Crippen LogP contribution in [0, 0.1) is 11.3 Å². The maximum Gasteiger partial charge on any atom is 0.104 e. The fourth-order valence-electron chi connectivity index (χ4n) is 2.51. The van der Waals surface area contributed by atoms with Crippen LogP contribution in [-0.2, 0) is 0 Å². The van der Waals surface area contributed by atoms with E-state index >= 15 is 0 Å². The lowest BCUT2D eigenvalue weighted by Gasteiger charge is -2.25. The Balaban J connectivity index is 1.69. The molecule has 0 radical (unpaired) electrons. The van der Waals surface area contributed by atoms with Gasteiger partial charge in [0.2, 0.25) is 0 Å². The van der Waals surface area contributed by atoms with E-state index in [1.165, 1.54) is 25.7 Å². The van der Waals surface area contributed by atoms with Crippen LogP contribution in [0.3, 0.4) is 0 Å². The first kappa shape index (κ1) is 12.9. The predicted octanol–water partition coefficient (Wildman–Crippen LogP) is 2.29. The highest BCUT2D eigenvalue weighted by Crippen LogP contribution is 2.28. The molecule has 0 aromatic carbocycles. The van der Waals surface area contributed by atoms with Gasteiger partial charge in [0.05, 0.1) is 6.07 Å². The Kier molecular flexibility index (Phi) is 4.06. The normalized spacial score (nSPS) is 23.4. The van der Waals surface area contributed by atoms with Gasteiger partial charge in [0.1, 0.15) is 5.54 Å². The van der Waals surface area contributed by atoms with Gasteiger partial charge in [-0.2, -0.15) is 5.26 Å². The number of hydrogen-bond acceptors (Lipinski definition) is 3. The highest BCUT2D eigenvalue weighted by molar-refractivity contribution is 5.07. The highest BCUT2D eigenvalue weighted by atomic mass is 15.2. The molecule has 0 amide bonds. The Hall–Kier alpha value is -0.590. The molecule has 0 spiro atoms. The Bertz CT molecular complexity index is 288. The molecule has 3 nitrogen and oxygen atoms in total. The topological polar surface area (TPSA) is 39.1 Å². The molecule has 0 aromatic rings. The van der Waals surface area contributed by atoms with Crippen molar-refractivity contribution in [3.05, 3.63) is 0 Å². The Morgan fingerprint density at radius 3 is 2.53 bits per heavy atom. The summed E-state index contributed by atoms with van der Waals surface area (Å²) in [5, 5.41) is 12.8. The molecule has 1 unspecified atom stereocenters. The second-order valence-electron chi connectivity index (χ2n) is 5.83. The van der Waals surface area contributed by atoms with Gasteiger partial charge in [-0.1, -0.05) is 6.92 Å². The van der Waals surface area contributed by atoms with Crippen LogP contribution in [0.5, 0.6) is 0 Å². The Labute approximate surface area is 105 Å². The third-order valence-electron chi connectivity index (χ3n) is 3.94. The summed E-state index contributed by atoms with van der Waals surface area (Å²) in [5.41, 5.74) is -0.301. The monoisotopic (exact) mass is 235 g/mol. The number of hydrogen-bond donors (Lipinski definition) is 1. The first-order valence-electron chi connectivity index (χ1n) is 7.10. The summed E-state index contributed by atoms with van der Waals surface area (Å²) in [6.45, 7) is 6.61. The third-order valence-corrected chi connectivity index (χ3v) is 3.94. The van der Waals surface area contributed by atoms with Crippen molar-refractivity contribution in [1.29, 1.82) is 5.26 Å². The Morgan fingerprint density at radius 1 is 1.35 bits per heavy atom. The summed E-state index contributed by atoms with van der Waals surface area (Å²) in [6, 6.07) is 3.92. The first-order chi connectivity index (χ1) is 8.17. The molecule has 0 aliphatic heterocycles. The minimum atomic E-state index is -0.301. The lowest BCUT2D eigenvalue weighted by molar-refractivity contribution is 0.259. The maximum atomic E-state index is 9.28. The SMILES string of the molecule is CCN(CCCC(C)(C#N)NC1CC1)C1CC1. The van der Waals surface area contributed by atoms with Gasteiger partial charge in [-0.25, -0.2) is 0 Å². The summed E-state index contributed by atoms with van der Waals surface area (Å²) >= 11 is 0. The van der Waals surface area contributed by atoms with Crippen LogP contribution in [0.2, 0.25) is 0 Å². The smallest absolute Gasteiger partial charge is 0.104 e. The van der Waals surface area contributed by atoms with Crippen molar-refractivity contribution in [2.45, 2.75) is 70.0 Å². The molecule has 2 aliphatic carbocycles. The van der Waals surface area contributed by atoms with Crippen LogP contribution < -0.4 is 5.32 Å². The van der Waals surface area contributed by atoms with E-state index < -0.39 is 0 Å². The molecule has 0 saturated heterocycles. The lowest BCUT2D eigenvalue weighted by atomic mass is 9.97. The molecule has 2 aliphatic rings. The number of nitrogens with zero attached hydrogens (tertiary/aromatic N) is 2.